The van der Waals surface area contributed by atoms with Gasteiger partial charge in [-0.05, 0) is 18.4 Å². The quantitative estimate of drug-likeness (QED) is 0.496. The maximum Gasteiger partial charge on any atom is 0.0810 e. The fourth-order valence-electron chi connectivity index (χ4n) is 1.75. The van der Waals surface area contributed by atoms with Gasteiger partial charge in [0.05, 0.1) is 19.3 Å². The van der Waals surface area contributed by atoms with Crippen molar-refractivity contribution in [3.8, 4) is 0 Å². The van der Waals surface area contributed by atoms with Crippen LogP contribution in [0, 0.1) is 0 Å². The lowest BCUT2D eigenvalue weighted by Crippen LogP contribution is -1.96. The lowest BCUT2D eigenvalue weighted by molar-refractivity contribution is 0.116. The second kappa shape index (κ2) is 6.66. The molecule has 1 aromatic rings. The number of epoxide rings is 1. The van der Waals surface area contributed by atoms with Crippen LogP contribution < -0.4 is 0 Å². The molecule has 1 aliphatic rings. The number of benzene rings is 1. The third-order valence-corrected chi connectivity index (χ3v) is 2.83. The van der Waals surface area contributed by atoms with Crippen LogP contribution >= 0.6 is 0 Å². The Morgan fingerprint density at radius 1 is 1.12 bits per heavy atom. The summed E-state index contributed by atoms with van der Waals surface area (Å²) in [6.45, 7) is 2.61. The molecule has 0 saturated carbocycles. The van der Waals surface area contributed by atoms with E-state index in [0.717, 1.165) is 19.8 Å². The lowest BCUT2D eigenvalue weighted by Gasteiger charge is -2.03. The summed E-state index contributed by atoms with van der Waals surface area (Å²) in [5, 5.41) is 0. The van der Waals surface area contributed by atoms with Crippen LogP contribution in [0.5, 0.6) is 0 Å². The third kappa shape index (κ3) is 4.77. The minimum atomic E-state index is 0.588. The van der Waals surface area contributed by atoms with E-state index in [-0.39, 0.29) is 0 Å². The molecule has 1 saturated heterocycles. The molecular formula is C14H20O2. The van der Waals surface area contributed by atoms with Crippen molar-refractivity contribution in [3.05, 3.63) is 35.9 Å². The maximum absolute atomic E-state index is 5.61. The van der Waals surface area contributed by atoms with Crippen molar-refractivity contribution in [1.82, 2.24) is 0 Å². The Labute approximate surface area is 97.6 Å². The van der Waals surface area contributed by atoms with Crippen molar-refractivity contribution in [3.63, 3.8) is 0 Å². The monoisotopic (exact) mass is 220 g/mol. The van der Waals surface area contributed by atoms with Crippen molar-refractivity contribution in [2.75, 3.05) is 13.2 Å². The van der Waals surface area contributed by atoms with E-state index in [1.807, 2.05) is 18.2 Å². The van der Waals surface area contributed by atoms with Gasteiger partial charge >= 0.3 is 0 Å². The van der Waals surface area contributed by atoms with Crippen LogP contribution in [0.15, 0.2) is 30.3 Å². The van der Waals surface area contributed by atoms with Crippen molar-refractivity contribution >= 4 is 0 Å². The van der Waals surface area contributed by atoms with Crippen molar-refractivity contribution < 1.29 is 9.47 Å². The molecule has 0 aromatic heterocycles. The molecule has 0 bridgehead atoms. The average molecular weight is 220 g/mol. The highest BCUT2D eigenvalue weighted by atomic mass is 16.6. The van der Waals surface area contributed by atoms with Crippen molar-refractivity contribution in [2.24, 2.45) is 0 Å². The number of rotatable bonds is 8. The molecule has 1 heterocycles. The third-order valence-electron chi connectivity index (χ3n) is 2.83. The molecule has 0 unspecified atom stereocenters. The van der Waals surface area contributed by atoms with Crippen molar-refractivity contribution in [2.45, 2.75) is 38.4 Å². The van der Waals surface area contributed by atoms with Gasteiger partial charge in [0, 0.05) is 6.61 Å². The minimum Gasteiger partial charge on any atom is -0.377 e. The maximum atomic E-state index is 5.61. The second-order valence-corrected chi connectivity index (χ2v) is 4.34. The Hall–Kier alpha value is -0.860. The predicted octanol–water partition coefficient (Wildman–Crippen LogP) is 3.16. The van der Waals surface area contributed by atoms with Crippen LogP contribution in [0.25, 0.3) is 0 Å². The molecule has 1 aromatic carbocycles. The van der Waals surface area contributed by atoms with E-state index in [9.17, 15) is 0 Å². The molecule has 1 aliphatic heterocycles. The van der Waals surface area contributed by atoms with Gasteiger partial charge in [0.25, 0.3) is 0 Å². The van der Waals surface area contributed by atoms with E-state index >= 15 is 0 Å². The topological polar surface area (TPSA) is 21.8 Å². The Bertz CT molecular complexity index is 280. The van der Waals surface area contributed by atoms with Gasteiger partial charge in [-0.3, -0.25) is 0 Å². The van der Waals surface area contributed by atoms with Gasteiger partial charge in [-0.15, -0.1) is 0 Å². The Morgan fingerprint density at radius 2 is 1.94 bits per heavy atom. The zero-order valence-electron chi connectivity index (χ0n) is 9.73. The Balaban J connectivity index is 1.42. The summed E-state index contributed by atoms with van der Waals surface area (Å²) in [4.78, 5) is 0. The SMILES string of the molecule is c1ccc(COCCCCC[C@@H]2CO2)cc1. The van der Waals surface area contributed by atoms with Crippen LogP contribution in [0.4, 0.5) is 0 Å². The lowest BCUT2D eigenvalue weighted by atomic mass is 10.1. The van der Waals surface area contributed by atoms with Gasteiger partial charge in [0.1, 0.15) is 0 Å². The van der Waals surface area contributed by atoms with Gasteiger partial charge in [0.15, 0.2) is 0 Å². The summed E-state index contributed by atoms with van der Waals surface area (Å²) in [5.41, 5.74) is 1.26. The van der Waals surface area contributed by atoms with Crippen LogP contribution in [0.2, 0.25) is 0 Å². The fourth-order valence-corrected chi connectivity index (χ4v) is 1.75. The fraction of sp³-hybridized carbons (Fsp3) is 0.571. The van der Waals surface area contributed by atoms with Crippen LogP contribution in [-0.4, -0.2) is 19.3 Å². The summed E-state index contributed by atoms with van der Waals surface area (Å²) < 4.78 is 10.8. The average Bonchev–Trinajstić information content (AvgIpc) is 3.13. The van der Waals surface area contributed by atoms with Gasteiger partial charge in [-0.2, -0.15) is 0 Å². The summed E-state index contributed by atoms with van der Waals surface area (Å²) in [7, 11) is 0. The summed E-state index contributed by atoms with van der Waals surface area (Å²) >= 11 is 0. The van der Waals surface area contributed by atoms with E-state index in [0.29, 0.717) is 6.10 Å². The summed E-state index contributed by atoms with van der Waals surface area (Å²) in [6, 6.07) is 10.3. The van der Waals surface area contributed by atoms with Crippen molar-refractivity contribution in [1.29, 1.82) is 0 Å². The highest BCUT2D eigenvalue weighted by molar-refractivity contribution is 5.13. The largest absolute Gasteiger partial charge is 0.377 e. The van der Waals surface area contributed by atoms with Gasteiger partial charge in [0.2, 0.25) is 0 Å². The molecule has 1 fully saturated rings. The van der Waals surface area contributed by atoms with Crippen LogP contribution in [0.3, 0.4) is 0 Å². The number of unbranched alkanes of at least 4 members (excludes halogenated alkanes) is 2. The summed E-state index contributed by atoms with van der Waals surface area (Å²) in [5.74, 6) is 0. The molecule has 0 spiro atoms. The van der Waals surface area contributed by atoms with E-state index in [1.54, 1.807) is 0 Å². The van der Waals surface area contributed by atoms with Gasteiger partial charge < -0.3 is 9.47 Å². The first kappa shape index (κ1) is 11.6. The second-order valence-electron chi connectivity index (χ2n) is 4.34. The Kier molecular flexibility index (Phi) is 4.84. The van der Waals surface area contributed by atoms with Crippen LogP contribution in [-0.2, 0) is 16.1 Å². The molecule has 16 heavy (non-hydrogen) atoms. The van der Waals surface area contributed by atoms with Gasteiger partial charge in [-0.25, -0.2) is 0 Å². The van der Waals surface area contributed by atoms with Gasteiger partial charge in [-0.1, -0.05) is 43.2 Å². The number of ether oxygens (including phenoxy) is 2. The number of hydrogen-bond donors (Lipinski definition) is 0. The zero-order valence-corrected chi connectivity index (χ0v) is 9.73. The standard InChI is InChI=1S/C14H20O2/c1-3-7-13(8-4-1)11-15-10-6-2-5-9-14-12-16-14/h1,3-4,7-8,14H,2,5-6,9-12H2/t14-/m1/s1. The molecule has 0 aliphatic carbocycles. The molecule has 2 heteroatoms. The molecular weight excluding hydrogens is 200 g/mol. The normalized spacial score (nSPS) is 18.6. The molecule has 0 amide bonds. The first-order chi connectivity index (χ1) is 7.95. The highest BCUT2D eigenvalue weighted by Gasteiger charge is 2.20. The first-order valence-corrected chi connectivity index (χ1v) is 6.18. The Morgan fingerprint density at radius 3 is 2.69 bits per heavy atom. The van der Waals surface area contributed by atoms with Crippen LogP contribution in [0.1, 0.15) is 31.2 Å². The molecule has 1 atom stereocenters. The minimum absolute atomic E-state index is 0.588. The smallest absolute Gasteiger partial charge is 0.0810 e. The molecule has 0 N–H and O–H groups in total. The predicted molar refractivity (Wildman–Crippen MR) is 64.3 cm³/mol. The number of hydrogen-bond acceptors (Lipinski definition) is 2. The molecule has 2 nitrogen and oxygen atoms in total. The molecule has 2 rings (SSSR count). The first-order valence-electron chi connectivity index (χ1n) is 6.18. The highest BCUT2D eigenvalue weighted by Crippen LogP contribution is 2.17. The zero-order chi connectivity index (χ0) is 11.1. The van der Waals surface area contributed by atoms with E-state index in [4.69, 9.17) is 9.47 Å². The van der Waals surface area contributed by atoms with E-state index < -0.39 is 0 Å². The molecule has 88 valence electrons. The molecule has 0 radical (unpaired) electrons. The summed E-state index contributed by atoms with van der Waals surface area (Å²) in [6.07, 6.45) is 5.52. The van der Waals surface area contributed by atoms with E-state index in [1.165, 1.54) is 31.2 Å². The van der Waals surface area contributed by atoms with E-state index in [2.05, 4.69) is 12.1 Å².